The Morgan fingerprint density at radius 3 is 1.93 bits per heavy atom. The van der Waals surface area contributed by atoms with Crippen molar-refractivity contribution in [2.75, 3.05) is 34.9 Å². The molecule has 0 aromatic heterocycles. The van der Waals surface area contributed by atoms with Crippen LogP contribution in [0.2, 0.25) is 0 Å². The van der Waals surface area contributed by atoms with Gasteiger partial charge in [0.25, 0.3) is 10.1 Å². The molecule has 2 unspecified atom stereocenters. The summed E-state index contributed by atoms with van der Waals surface area (Å²) in [4.78, 5) is 20.9. The number of allylic oxidation sites excluding steroid dienone is 2. The van der Waals surface area contributed by atoms with E-state index in [1.165, 1.54) is 0 Å². The molecule has 0 amide bonds. The number of unbranched alkanes of at least 4 members (excludes halogenated alkanes) is 2. The minimum Gasteiger partial charge on any atom is -0.506 e. The molecular weight excluding hydrogens is 897 g/mol. The van der Waals surface area contributed by atoms with Crippen molar-refractivity contribution in [3.63, 3.8) is 0 Å². The molecule has 2 spiro atoms. The quantitative estimate of drug-likeness (QED) is 0.0624. The van der Waals surface area contributed by atoms with Crippen LogP contribution in [0.1, 0.15) is 60.4 Å². The predicted octanol–water partition coefficient (Wildman–Crippen LogP) is 10.6. The van der Waals surface area contributed by atoms with Crippen molar-refractivity contribution in [2.24, 2.45) is 4.99 Å². The molecule has 0 fully saturated rings. The number of fused-ring (bicyclic) bond motifs is 10. The van der Waals surface area contributed by atoms with E-state index < -0.39 is 21.4 Å². The van der Waals surface area contributed by atoms with Crippen LogP contribution >= 0.6 is 0 Å². The molecule has 12 heteroatoms. The van der Waals surface area contributed by atoms with Crippen LogP contribution < -0.4 is 36.0 Å². The summed E-state index contributed by atoms with van der Waals surface area (Å²) in [5.41, 5.74) is 9.31. The zero-order chi connectivity index (χ0) is 47.5. The number of Topliss-reactive ketones (excluding diaryl/α,β-unsaturated/α-hetero) is 1. The first-order valence-corrected chi connectivity index (χ1v) is 25.4. The lowest BCUT2D eigenvalue weighted by molar-refractivity contribution is -0.109. The molecule has 2 heterocycles. The highest BCUT2D eigenvalue weighted by atomic mass is 32.2. The Balaban J connectivity index is 0.966. The summed E-state index contributed by atoms with van der Waals surface area (Å²) in [6.07, 6.45) is 2.67. The van der Waals surface area contributed by atoms with Gasteiger partial charge in [-0.25, -0.2) is 4.99 Å². The van der Waals surface area contributed by atoms with Gasteiger partial charge in [-0.1, -0.05) is 123 Å². The smallest absolute Gasteiger partial charge is 0.264 e. The van der Waals surface area contributed by atoms with E-state index in [0.717, 1.165) is 96.0 Å². The van der Waals surface area contributed by atoms with Crippen molar-refractivity contribution < 1.29 is 32.3 Å². The minimum absolute atomic E-state index is 0.0981. The largest absolute Gasteiger partial charge is 0.506 e. The molecule has 70 heavy (non-hydrogen) atoms. The van der Waals surface area contributed by atoms with Crippen LogP contribution in [0.4, 0.5) is 17.1 Å². The third-order valence-corrected chi connectivity index (χ3v) is 15.4. The highest BCUT2D eigenvalue weighted by molar-refractivity contribution is 7.85. The number of anilines is 3. The van der Waals surface area contributed by atoms with Crippen LogP contribution in [0.25, 0.3) is 54.9 Å². The molecule has 8 aromatic carbocycles. The van der Waals surface area contributed by atoms with Gasteiger partial charge < -0.3 is 30.5 Å². The maximum Gasteiger partial charge on any atom is 0.264 e. The lowest BCUT2D eigenvalue weighted by Gasteiger charge is -2.41. The van der Waals surface area contributed by atoms with E-state index in [4.69, 9.17) is 14.5 Å². The van der Waals surface area contributed by atoms with E-state index in [-0.39, 0.29) is 41.5 Å². The molecule has 0 saturated carbocycles. The topological polar surface area (TPSA) is 159 Å². The Morgan fingerprint density at radius 1 is 0.586 bits per heavy atom. The van der Waals surface area contributed by atoms with Gasteiger partial charge in [-0.3, -0.25) is 9.35 Å². The van der Waals surface area contributed by atoms with Crippen LogP contribution in [-0.4, -0.2) is 42.8 Å². The second-order valence-electron chi connectivity index (χ2n) is 18.7. The third kappa shape index (κ3) is 6.19. The van der Waals surface area contributed by atoms with E-state index in [0.29, 0.717) is 40.6 Å². The molecule has 2 atom stereocenters. The van der Waals surface area contributed by atoms with Crippen LogP contribution in [0.15, 0.2) is 156 Å². The zero-order valence-electron chi connectivity index (χ0n) is 38.1. The molecule has 3 aliphatic carbocycles. The van der Waals surface area contributed by atoms with Crippen molar-refractivity contribution in [3.05, 3.63) is 190 Å². The Labute approximate surface area is 403 Å². The maximum absolute atomic E-state index is 15.2. The van der Waals surface area contributed by atoms with Gasteiger partial charge in [0.1, 0.15) is 17.3 Å². The van der Waals surface area contributed by atoms with E-state index in [2.05, 4.69) is 65.3 Å². The molecule has 2 aliphatic heterocycles. The van der Waals surface area contributed by atoms with Gasteiger partial charge in [-0.2, -0.15) is 8.42 Å². The Morgan fingerprint density at radius 2 is 1.20 bits per heavy atom. The van der Waals surface area contributed by atoms with E-state index >= 15 is 4.79 Å². The lowest BCUT2D eigenvalue weighted by atomic mass is 9.79. The first kappa shape index (κ1) is 42.2. The number of ether oxygens (including phenoxy) is 2. The number of aliphatic hydroxyl groups is 1. The molecule has 346 valence electrons. The van der Waals surface area contributed by atoms with Gasteiger partial charge in [-0.05, 0) is 88.7 Å². The third-order valence-electron chi connectivity index (χ3n) is 14.6. The molecule has 11 nitrogen and oxygen atoms in total. The van der Waals surface area contributed by atoms with E-state index in [1.54, 1.807) is 0 Å². The van der Waals surface area contributed by atoms with Gasteiger partial charge in [0.15, 0.2) is 11.3 Å². The highest BCUT2D eigenvalue weighted by Crippen LogP contribution is 2.56. The number of hydrogen-bond acceptors (Lipinski definition) is 10. The lowest BCUT2D eigenvalue weighted by Crippen LogP contribution is -2.45. The Bertz CT molecular complexity index is 3910. The summed E-state index contributed by atoms with van der Waals surface area (Å²) in [7, 11) is -4.06. The van der Waals surface area contributed by atoms with E-state index in [9.17, 15) is 18.1 Å². The molecule has 5 aliphatic rings. The molecule has 0 saturated heterocycles. The first-order valence-electron chi connectivity index (χ1n) is 23.8. The average Bonchev–Trinajstić information content (AvgIpc) is 3.77. The number of benzene rings is 8. The van der Waals surface area contributed by atoms with Gasteiger partial charge in [0.2, 0.25) is 5.78 Å². The zero-order valence-corrected chi connectivity index (χ0v) is 38.9. The summed E-state index contributed by atoms with van der Waals surface area (Å²) < 4.78 is 44.3. The van der Waals surface area contributed by atoms with Crippen LogP contribution in [0, 0.1) is 0 Å². The number of carbonyl (C=O) groups excluding carboxylic acids is 1. The van der Waals surface area contributed by atoms with Crippen molar-refractivity contribution in [1.82, 2.24) is 0 Å². The number of nitrogens with zero attached hydrogens (tertiary/aromatic N) is 1. The molecule has 13 rings (SSSR count). The number of carbonyl (C=O) groups is 1. The Hall–Kier alpha value is -7.93. The van der Waals surface area contributed by atoms with Gasteiger partial charge >= 0.3 is 0 Å². The fraction of sp³-hybridized carbons (Fsp3) is 0.172. The molecular formula is C58H46N4O7S. The van der Waals surface area contributed by atoms with Crippen LogP contribution in [0.5, 0.6) is 11.5 Å². The van der Waals surface area contributed by atoms with Crippen molar-refractivity contribution in [3.8, 4) is 33.8 Å². The van der Waals surface area contributed by atoms with Gasteiger partial charge in [-0.15, -0.1) is 0 Å². The van der Waals surface area contributed by atoms with Gasteiger partial charge in [0.05, 0.1) is 41.2 Å². The monoisotopic (exact) mass is 942 g/mol. The second-order valence-corrected chi connectivity index (χ2v) is 20.3. The van der Waals surface area contributed by atoms with Crippen molar-refractivity contribution in [1.29, 1.82) is 0 Å². The normalized spacial score (nSPS) is 19.4. The average molecular weight is 943 g/mol. The van der Waals surface area contributed by atoms with Crippen LogP contribution in [-0.2, 0) is 26.2 Å². The summed E-state index contributed by atoms with van der Waals surface area (Å²) in [6, 6.07) is 48.6. The van der Waals surface area contributed by atoms with Crippen molar-refractivity contribution in [2.45, 2.75) is 43.9 Å². The molecule has 5 N–H and O–H groups in total. The summed E-state index contributed by atoms with van der Waals surface area (Å²) >= 11 is 0. The molecule has 0 bridgehead atoms. The summed E-state index contributed by atoms with van der Waals surface area (Å²) in [6.45, 7) is 3.01. The van der Waals surface area contributed by atoms with Gasteiger partial charge in [0, 0.05) is 55.2 Å². The number of ketones is 1. The SMILES string of the molecule is CCCCOc1ccc2c(c1)C1(N=c3/c(=C4\C(=O)C(c5ccc6cccc7c6c5NC5(N7)c6ccccc6-c6ccc(OCCCCS(=O)(=O)O)cc65)=C4O)ccc4cccc(c34)N1)c1ccccc1-2. The standard InChI is InChI=1S/C58H46N4O7S/c1-2-3-28-68-35-22-26-39-37-14-4-6-16-43(37)57(45(39)31-35)59-47-18-10-12-33-20-24-41(53(61-57)49(33)47)51-55(63)52(56(51)64)42-25-21-34-13-11-19-48-50(34)54(42)62-58(60-48)44-17-7-5-15-38(44)40-27-23-36(32-46(40)58)69-29-8-9-30-70(65,66)67/h4-7,10-27,31-32,59-60,62-63H,2-3,8-9,28-30H2,1H3,(H,65,66,67)/b51-41-. The van der Waals surface area contributed by atoms with Crippen LogP contribution in [0.3, 0.4) is 0 Å². The predicted molar refractivity (Wildman–Crippen MR) is 274 cm³/mol. The fourth-order valence-corrected chi connectivity index (χ4v) is 12.0. The number of aliphatic hydroxyl groups excluding tert-OH is 1. The fourth-order valence-electron chi connectivity index (χ4n) is 11.4. The highest BCUT2D eigenvalue weighted by Gasteiger charge is 2.49. The number of hydrogen-bond donors (Lipinski definition) is 5. The molecule has 0 radical (unpaired) electrons. The summed E-state index contributed by atoms with van der Waals surface area (Å²) in [5.74, 6) is 0.653. The minimum atomic E-state index is -4.06. The molecule has 8 aromatic rings. The number of nitrogens with one attached hydrogen (secondary N) is 3. The van der Waals surface area contributed by atoms with Crippen molar-refractivity contribution >= 4 is 65.7 Å². The van der Waals surface area contributed by atoms with E-state index in [1.807, 2.05) is 103 Å². The number of rotatable bonds is 11. The Kier molecular flexibility index (Phi) is 9.37. The second kappa shape index (κ2) is 15.5. The first-order chi connectivity index (χ1) is 34.1. The maximum atomic E-state index is 15.2. The summed E-state index contributed by atoms with van der Waals surface area (Å²) in [5, 5.41) is 29.0.